The minimum absolute atomic E-state index is 0.510. The zero-order valence-corrected chi connectivity index (χ0v) is 9.15. The molecule has 86 valence electrons. The highest BCUT2D eigenvalue weighted by molar-refractivity contribution is 5.75. The fourth-order valence-electron chi connectivity index (χ4n) is 2.23. The highest BCUT2D eigenvalue weighted by atomic mass is 16.4. The molecule has 1 aromatic heterocycles. The van der Waals surface area contributed by atoms with Gasteiger partial charge in [0.05, 0.1) is 5.41 Å². The van der Waals surface area contributed by atoms with Crippen LogP contribution in [0.1, 0.15) is 18.5 Å². The van der Waals surface area contributed by atoms with Crippen LogP contribution in [0.25, 0.3) is 0 Å². The molecule has 16 heavy (non-hydrogen) atoms. The summed E-state index contributed by atoms with van der Waals surface area (Å²) >= 11 is 0. The Labute approximate surface area is 94.7 Å². The van der Waals surface area contributed by atoms with Gasteiger partial charge in [-0.3, -0.25) is 9.78 Å². The molecule has 2 rings (SSSR count). The molecule has 0 saturated carbocycles. The quantitative estimate of drug-likeness (QED) is 0.800. The number of piperidine rings is 1. The minimum atomic E-state index is -0.717. The zero-order valence-electron chi connectivity index (χ0n) is 9.15. The predicted octanol–water partition coefficient (Wildman–Crippen LogP) is 1.08. The van der Waals surface area contributed by atoms with Crippen LogP contribution in [0.2, 0.25) is 0 Å². The van der Waals surface area contributed by atoms with Crippen molar-refractivity contribution in [1.82, 2.24) is 10.3 Å². The van der Waals surface area contributed by atoms with Crippen LogP contribution in [0, 0.1) is 5.41 Å². The van der Waals surface area contributed by atoms with Gasteiger partial charge >= 0.3 is 5.97 Å². The van der Waals surface area contributed by atoms with E-state index in [1.54, 1.807) is 6.20 Å². The van der Waals surface area contributed by atoms with Crippen LogP contribution in [0.5, 0.6) is 0 Å². The predicted molar refractivity (Wildman–Crippen MR) is 60.1 cm³/mol. The van der Waals surface area contributed by atoms with Gasteiger partial charge in [0.2, 0.25) is 0 Å². The van der Waals surface area contributed by atoms with Crippen molar-refractivity contribution in [3.05, 3.63) is 30.1 Å². The Morgan fingerprint density at radius 2 is 2.44 bits per heavy atom. The molecule has 4 heteroatoms. The fraction of sp³-hybridized carbons (Fsp3) is 0.500. The number of hydrogen-bond acceptors (Lipinski definition) is 3. The number of hydrogen-bond donors (Lipinski definition) is 2. The molecule has 1 saturated heterocycles. The first-order chi connectivity index (χ1) is 7.73. The van der Waals surface area contributed by atoms with Gasteiger partial charge in [-0.1, -0.05) is 6.07 Å². The van der Waals surface area contributed by atoms with Gasteiger partial charge in [-0.15, -0.1) is 0 Å². The van der Waals surface area contributed by atoms with Gasteiger partial charge in [0.15, 0.2) is 0 Å². The largest absolute Gasteiger partial charge is 0.481 e. The van der Waals surface area contributed by atoms with Crippen molar-refractivity contribution in [2.45, 2.75) is 19.3 Å². The first kappa shape index (κ1) is 11.1. The Morgan fingerprint density at radius 3 is 3.00 bits per heavy atom. The Bertz CT molecular complexity index is 359. The molecular weight excluding hydrogens is 204 g/mol. The third-order valence-electron chi connectivity index (χ3n) is 3.17. The van der Waals surface area contributed by atoms with Crippen LogP contribution >= 0.6 is 0 Å². The van der Waals surface area contributed by atoms with Crippen molar-refractivity contribution in [3.63, 3.8) is 0 Å². The number of rotatable bonds is 3. The molecule has 0 aromatic carbocycles. The molecule has 1 aliphatic heterocycles. The van der Waals surface area contributed by atoms with E-state index < -0.39 is 11.4 Å². The van der Waals surface area contributed by atoms with Crippen molar-refractivity contribution in [1.29, 1.82) is 0 Å². The highest BCUT2D eigenvalue weighted by Crippen LogP contribution is 2.30. The summed E-state index contributed by atoms with van der Waals surface area (Å²) in [6.45, 7) is 1.45. The normalized spacial score (nSPS) is 25.2. The summed E-state index contributed by atoms with van der Waals surface area (Å²) in [5.74, 6) is -0.717. The van der Waals surface area contributed by atoms with Crippen molar-refractivity contribution in [2.75, 3.05) is 13.1 Å². The second kappa shape index (κ2) is 4.61. The van der Waals surface area contributed by atoms with Crippen LogP contribution in [0.4, 0.5) is 0 Å². The van der Waals surface area contributed by atoms with E-state index in [9.17, 15) is 9.90 Å². The lowest BCUT2D eigenvalue weighted by atomic mass is 9.77. The Kier molecular flexibility index (Phi) is 3.19. The number of nitrogens with zero attached hydrogens (tertiary/aromatic N) is 1. The van der Waals surface area contributed by atoms with Crippen molar-refractivity contribution in [2.24, 2.45) is 5.41 Å². The van der Waals surface area contributed by atoms with Gasteiger partial charge in [-0.05, 0) is 31.5 Å². The highest BCUT2D eigenvalue weighted by Gasteiger charge is 2.40. The number of aliphatic carboxylic acids is 1. The lowest BCUT2D eigenvalue weighted by Gasteiger charge is -2.33. The average Bonchev–Trinajstić information content (AvgIpc) is 2.31. The molecular formula is C12H16N2O2. The van der Waals surface area contributed by atoms with E-state index in [-0.39, 0.29) is 0 Å². The number of pyridine rings is 1. The molecule has 0 amide bonds. The Balaban J connectivity index is 2.17. The lowest BCUT2D eigenvalue weighted by molar-refractivity contribution is -0.150. The van der Waals surface area contributed by atoms with Crippen molar-refractivity contribution >= 4 is 5.97 Å². The van der Waals surface area contributed by atoms with Gasteiger partial charge in [-0.2, -0.15) is 0 Å². The molecule has 2 heterocycles. The molecule has 1 fully saturated rings. The fourth-order valence-corrected chi connectivity index (χ4v) is 2.23. The first-order valence-electron chi connectivity index (χ1n) is 5.57. The van der Waals surface area contributed by atoms with Gasteiger partial charge in [0.25, 0.3) is 0 Å². The maximum absolute atomic E-state index is 11.4. The van der Waals surface area contributed by atoms with E-state index in [4.69, 9.17) is 0 Å². The van der Waals surface area contributed by atoms with E-state index in [1.165, 1.54) is 0 Å². The van der Waals surface area contributed by atoms with Gasteiger partial charge in [0, 0.05) is 24.9 Å². The SMILES string of the molecule is O=C(O)C1(Cc2ccccn2)CCCNC1. The average molecular weight is 220 g/mol. The second-order valence-corrected chi connectivity index (χ2v) is 4.36. The summed E-state index contributed by atoms with van der Waals surface area (Å²) in [5.41, 5.74) is 0.181. The standard InChI is InChI=1S/C12H16N2O2/c15-11(16)12(5-3-6-13-9-12)8-10-4-1-2-7-14-10/h1-2,4,7,13H,3,5-6,8-9H2,(H,15,16). The number of nitrogens with one attached hydrogen (secondary N) is 1. The molecule has 4 nitrogen and oxygen atoms in total. The lowest BCUT2D eigenvalue weighted by Crippen LogP contribution is -2.47. The number of carbonyl (C=O) groups is 1. The topological polar surface area (TPSA) is 62.2 Å². The van der Waals surface area contributed by atoms with Gasteiger partial charge in [-0.25, -0.2) is 0 Å². The van der Waals surface area contributed by atoms with Crippen molar-refractivity contribution in [3.8, 4) is 0 Å². The second-order valence-electron chi connectivity index (χ2n) is 4.36. The Morgan fingerprint density at radius 1 is 1.56 bits per heavy atom. The minimum Gasteiger partial charge on any atom is -0.481 e. The van der Waals surface area contributed by atoms with E-state index >= 15 is 0 Å². The monoisotopic (exact) mass is 220 g/mol. The number of carboxylic acid groups (broad SMARTS) is 1. The summed E-state index contributed by atoms with van der Waals surface area (Å²) in [6.07, 6.45) is 3.86. The summed E-state index contributed by atoms with van der Waals surface area (Å²) < 4.78 is 0. The molecule has 0 spiro atoms. The molecule has 0 radical (unpaired) electrons. The van der Waals surface area contributed by atoms with Gasteiger partial charge in [0.1, 0.15) is 0 Å². The van der Waals surface area contributed by atoms with Crippen LogP contribution < -0.4 is 5.32 Å². The summed E-state index contributed by atoms with van der Waals surface area (Å²) in [7, 11) is 0. The summed E-state index contributed by atoms with van der Waals surface area (Å²) in [6, 6.07) is 5.63. The van der Waals surface area contributed by atoms with E-state index in [0.717, 1.165) is 25.1 Å². The van der Waals surface area contributed by atoms with Gasteiger partial charge < -0.3 is 10.4 Å². The van der Waals surface area contributed by atoms with E-state index in [2.05, 4.69) is 10.3 Å². The van der Waals surface area contributed by atoms with Crippen LogP contribution in [0.15, 0.2) is 24.4 Å². The summed E-state index contributed by atoms with van der Waals surface area (Å²) in [5, 5.41) is 12.6. The summed E-state index contributed by atoms with van der Waals surface area (Å²) in [4.78, 5) is 15.6. The van der Waals surface area contributed by atoms with Crippen molar-refractivity contribution < 1.29 is 9.90 Å². The molecule has 1 unspecified atom stereocenters. The molecule has 1 aliphatic rings. The number of aromatic nitrogens is 1. The van der Waals surface area contributed by atoms with E-state index in [1.807, 2.05) is 18.2 Å². The molecule has 2 N–H and O–H groups in total. The third kappa shape index (κ3) is 2.22. The first-order valence-corrected chi connectivity index (χ1v) is 5.57. The zero-order chi connectivity index (χ0) is 11.4. The maximum atomic E-state index is 11.4. The van der Waals surface area contributed by atoms with Crippen LogP contribution in [-0.4, -0.2) is 29.1 Å². The maximum Gasteiger partial charge on any atom is 0.311 e. The van der Waals surface area contributed by atoms with Crippen LogP contribution in [-0.2, 0) is 11.2 Å². The van der Waals surface area contributed by atoms with Crippen LogP contribution in [0.3, 0.4) is 0 Å². The molecule has 1 atom stereocenters. The van der Waals surface area contributed by atoms with E-state index in [0.29, 0.717) is 13.0 Å². The molecule has 0 bridgehead atoms. The smallest absolute Gasteiger partial charge is 0.311 e. The number of carboxylic acids is 1. The third-order valence-corrected chi connectivity index (χ3v) is 3.17. The molecule has 0 aliphatic carbocycles. The molecule has 1 aromatic rings. The Hall–Kier alpha value is -1.42.